The van der Waals surface area contributed by atoms with Crippen LogP contribution in [-0.4, -0.2) is 37.2 Å². The van der Waals surface area contributed by atoms with Crippen LogP contribution in [0.1, 0.15) is 5.76 Å². The number of carbonyl (C=O) groups excluding carboxylic acids is 2. The van der Waals surface area contributed by atoms with Gasteiger partial charge in [0.2, 0.25) is 11.8 Å². The number of nitrogens with zero attached hydrogens (tertiary/aromatic N) is 1. The van der Waals surface area contributed by atoms with Crippen LogP contribution in [0.25, 0.3) is 0 Å². The molecule has 2 bridgehead atoms. The molecule has 1 spiro atoms. The molecule has 7 heteroatoms. The molecule has 2 unspecified atom stereocenters. The topological polar surface area (TPSA) is 81.0 Å². The van der Waals surface area contributed by atoms with Crippen molar-refractivity contribution in [1.82, 2.24) is 5.32 Å². The molecule has 144 valence electrons. The molecule has 2 fully saturated rings. The largest absolute Gasteiger partial charge is 0.497 e. The summed E-state index contributed by atoms with van der Waals surface area (Å²) in [6.45, 7) is 0.687. The lowest BCUT2D eigenvalue weighted by molar-refractivity contribution is -0.132. The van der Waals surface area contributed by atoms with E-state index in [2.05, 4.69) is 5.32 Å². The smallest absolute Gasteiger partial charge is 0.234 e. The minimum Gasteiger partial charge on any atom is -0.497 e. The zero-order valence-corrected chi connectivity index (χ0v) is 15.3. The van der Waals surface area contributed by atoms with E-state index >= 15 is 0 Å². The van der Waals surface area contributed by atoms with E-state index in [9.17, 15) is 9.59 Å². The first-order valence-electron chi connectivity index (χ1n) is 9.24. The average Bonchev–Trinajstić information content (AvgIpc) is 3.48. The molecule has 28 heavy (non-hydrogen) atoms. The van der Waals surface area contributed by atoms with Gasteiger partial charge in [0.05, 0.1) is 44.4 Å². The van der Waals surface area contributed by atoms with E-state index in [0.717, 1.165) is 11.4 Å². The second-order valence-electron chi connectivity index (χ2n) is 7.32. The van der Waals surface area contributed by atoms with Crippen LogP contribution in [0.15, 0.2) is 59.2 Å². The Morgan fingerprint density at radius 1 is 1.32 bits per heavy atom. The van der Waals surface area contributed by atoms with Crippen molar-refractivity contribution in [3.8, 4) is 5.75 Å². The summed E-state index contributed by atoms with van der Waals surface area (Å²) in [5.41, 5.74) is 0.0266. The van der Waals surface area contributed by atoms with Crippen LogP contribution in [0.4, 0.5) is 5.69 Å². The van der Waals surface area contributed by atoms with Crippen LogP contribution in [0, 0.1) is 11.8 Å². The number of carbonyl (C=O) groups is 2. The zero-order chi connectivity index (χ0) is 19.3. The number of amides is 2. The zero-order valence-electron chi connectivity index (χ0n) is 15.3. The molecule has 1 aromatic heterocycles. The molecule has 1 N–H and O–H groups in total. The SMILES string of the molecule is COc1ccc(N2C[C@@]34C=C[C@@H](O3)C(C(=O)NCc3ccco3)C4C2=O)cc1. The third-order valence-electron chi connectivity index (χ3n) is 5.80. The Labute approximate surface area is 161 Å². The second kappa shape index (κ2) is 6.24. The number of fused-ring (bicyclic) bond motifs is 1. The van der Waals surface area contributed by atoms with Crippen molar-refractivity contribution in [2.24, 2.45) is 11.8 Å². The molecule has 2 amide bonds. The summed E-state index contributed by atoms with van der Waals surface area (Å²) < 4.78 is 16.6. The quantitative estimate of drug-likeness (QED) is 0.802. The maximum atomic E-state index is 13.3. The van der Waals surface area contributed by atoms with Gasteiger partial charge in [0.15, 0.2) is 0 Å². The molecule has 3 aliphatic rings. The predicted molar refractivity (Wildman–Crippen MR) is 99.6 cm³/mol. The fourth-order valence-corrected chi connectivity index (χ4v) is 4.48. The van der Waals surface area contributed by atoms with Crippen LogP contribution in [0.2, 0.25) is 0 Å². The standard InChI is InChI=1S/C21H20N2O5/c1-26-14-6-4-13(5-7-14)23-12-21-9-8-16(28-21)17(18(21)20(23)25)19(24)22-11-15-3-2-10-27-15/h2-10,16-18H,11-12H2,1H3,(H,22,24)/t16-,17?,18?,21-/m1/s1. The van der Waals surface area contributed by atoms with Crippen LogP contribution in [0.3, 0.4) is 0 Å². The molecule has 0 saturated carbocycles. The van der Waals surface area contributed by atoms with E-state index in [1.807, 2.05) is 36.4 Å². The normalized spacial score (nSPS) is 30.0. The van der Waals surface area contributed by atoms with Gasteiger partial charge in [-0.25, -0.2) is 0 Å². The highest BCUT2D eigenvalue weighted by Crippen LogP contribution is 2.52. The van der Waals surface area contributed by atoms with Crippen molar-refractivity contribution >= 4 is 17.5 Å². The number of benzene rings is 1. The molecule has 5 rings (SSSR count). The predicted octanol–water partition coefficient (Wildman–Crippen LogP) is 1.89. The minimum atomic E-state index is -0.742. The van der Waals surface area contributed by atoms with E-state index in [4.69, 9.17) is 13.9 Å². The molecule has 2 saturated heterocycles. The molecule has 0 radical (unpaired) electrons. The van der Waals surface area contributed by atoms with Crippen molar-refractivity contribution in [2.45, 2.75) is 18.2 Å². The summed E-state index contributed by atoms with van der Waals surface area (Å²) >= 11 is 0. The number of anilines is 1. The van der Waals surface area contributed by atoms with Crippen molar-refractivity contribution in [1.29, 1.82) is 0 Å². The lowest BCUT2D eigenvalue weighted by Crippen LogP contribution is -2.43. The number of furan rings is 1. The van der Waals surface area contributed by atoms with Crippen LogP contribution in [0.5, 0.6) is 5.75 Å². The van der Waals surface area contributed by atoms with Gasteiger partial charge >= 0.3 is 0 Å². The Morgan fingerprint density at radius 2 is 2.14 bits per heavy atom. The first-order chi connectivity index (χ1) is 13.6. The average molecular weight is 380 g/mol. The number of nitrogens with one attached hydrogen (secondary N) is 1. The Morgan fingerprint density at radius 3 is 2.86 bits per heavy atom. The van der Waals surface area contributed by atoms with Gasteiger partial charge in [0, 0.05) is 5.69 Å². The number of hydrogen-bond donors (Lipinski definition) is 1. The summed E-state index contributed by atoms with van der Waals surface area (Å²) in [5.74, 6) is 0.0379. The second-order valence-corrected chi connectivity index (χ2v) is 7.32. The van der Waals surface area contributed by atoms with Gasteiger partial charge in [0.1, 0.15) is 17.1 Å². The summed E-state index contributed by atoms with van der Waals surface area (Å²) in [7, 11) is 1.60. The number of ether oxygens (including phenoxy) is 2. The van der Waals surface area contributed by atoms with Gasteiger partial charge in [-0.05, 0) is 36.4 Å². The van der Waals surface area contributed by atoms with Crippen LogP contribution < -0.4 is 15.0 Å². The Bertz CT molecular complexity index is 936. The highest BCUT2D eigenvalue weighted by Gasteiger charge is 2.67. The highest BCUT2D eigenvalue weighted by atomic mass is 16.5. The van der Waals surface area contributed by atoms with E-state index in [1.165, 1.54) is 0 Å². The van der Waals surface area contributed by atoms with E-state index < -0.39 is 17.4 Å². The van der Waals surface area contributed by atoms with Gasteiger partial charge in [-0.1, -0.05) is 12.2 Å². The third kappa shape index (κ3) is 2.46. The Hall–Kier alpha value is -3.06. The van der Waals surface area contributed by atoms with Gasteiger partial charge in [-0.15, -0.1) is 0 Å². The number of hydrogen-bond acceptors (Lipinski definition) is 5. The van der Waals surface area contributed by atoms with E-state index in [1.54, 1.807) is 30.4 Å². The molecule has 2 aromatic rings. The summed E-state index contributed by atoms with van der Waals surface area (Å²) in [6.07, 6.45) is 5.04. The molecule has 4 heterocycles. The summed E-state index contributed by atoms with van der Waals surface area (Å²) in [4.78, 5) is 27.8. The van der Waals surface area contributed by atoms with Crippen molar-refractivity contribution in [3.63, 3.8) is 0 Å². The van der Waals surface area contributed by atoms with Crippen LogP contribution >= 0.6 is 0 Å². The van der Waals surface area contributed by atoms with Crippen molar-refractivity contribution < 1.29 is 23.5 Å². The maximum absolute atomic E-state index is 13.3. The Balaban J connectivity index is 1.38. The number of methoxy groups -OCH3 is 1. The fraction of sp³-hybridized carbons (Fsp3) is 0.333. The first-order valence-corrected chi connectivity index (χ1v) is 9.24. The molecular formula is C21H20N2O5. The molecule has 0 aliphatic carbocycles. The van der Waals surface area contributed by atoms with Gasteiger partial charge in [-0.2, -0.15) is 0 Å². The third-order valence-corrected chi connectivity index (χ3v) is 5.80. The molecule has 4 atom stereocenters. The van der Waals surface area contributed by atoms with Crippen LogP contribution in [-0.2, 0) is 20.9 Å². The van der Waals surface area contributed by atoms with E-state index in [-0.39, 0.29) is 24.5 Å². The monoisotopic (exact) mass is 380 g/mol. The Kier molecular flexibility index (Phi) is 3.80. The lowest BCUT2D eigenvalue weighted by atomic mass is 9.77. The van der Waals surface area contributed by atoms with Crippen molar-refractivity contribution in [2.75, 3.05) is 18.6 Å². The first kappa shape index (κ1) is 17.1. The van der Waals surface area contributed by atoms with Gasteiger partial charge in [-0.3, -0.25) is 9.59 Å². The number of rotatable bonds is 5. The van der Waals surface area contributed by atoms with Gasteiger partial charge < -0.3 is 24.1 Å². The highest BCUT2D eigenvalue weighted by molar-refractivity contribution is 6.03. The lowest BCUT2D eigenvalue weighted by Gasteiger charge is -2.23. The fourth-order valence-electron chi connectivity index (χ4n) is 4.48. The van der Waals surface area contributed by atoms with E-state index in [0.29, 0.717) is 12.3 Å². The molecule has 3 aliphatic heterocycles. The molecular weight excluding hydrogens is 360 g/mol. The minimum absolute atomic E-state index is 0.0878. The van der Waals surface area contributed by atoms with Crippen molar-refractivity contribution in [3.05, 3.63) is 60.6 Å². The molecule has 1 aromatic carbocycles. The summed E-state index contributed by atoms with van der Waals surface area (Å²) in [5, 5.41) is 2.88. The van der Waals surface area contributed by atoms with Gasteiger partial charge in [0.25, 0.3) is 0 Å². The maximum Gasteiger partial charge on any atom is 0.234 e. The summed E-state index contributed by atoms with van der Waals surface area (Å²) in [6, 6.07) is 10.9. The molecule has 7 nitrogen and oxygen atoms in total.